The lowest BCUT2D eigenvalue weighted by Crippen LogP contribution is -2.00. The van der Waals surface area contributed by atoms with Gasteiger partial charge in [-0.3, -0.25) is 0 Å². The van der Waals surface area contributed by atoms with Crippen LogP contribution >= 0.6 is 39.1 Å². The Kier molecular flexibility index (Phi) is 4.10. The molecule has 1 unspecified atom stereocenters. The van der Waals surface area contributed by atoms with Crippen molar-refractivity contribution in [2.45, 2.75) is 6.10 Å². The largest absolute Gasteiger partial charge is 0.384 e. The highest BCUT2D eigenvalue weighted by Gasteiger charge is 2.14. The average Bonchev–Trinajstić information content (AvgIpc) is 2.31. The van der Waals surface area contributed by atoms with Crippen molar-refractivity contribution in [3.8, 4) is 0 Å². The van der Waals surface area contributed by atoms with Crippen molar-refractivity contribution in [3.05, 3.63) is 68.1 Å². The summed E-state index contributed by atoms with van der Waals surface area (Å²) < 4.78 is 0.909. The van der Waals surface area contributed by atoms with Gasteiger partial charge in [0.05, 0.1) is 0 Å². The molecular formula is C13H9BrCl2O. The molecule has 2 aromatic rings. The van der Waals surface area contributed by atoms with Crippen LogP contribution < -0.4 is 0 Å². The smallest absolute Gasteiger partial charge is 0.106 e. The number of benzene rings is 2. The van der Waals surface area contributed by atoms with Crippen molar-refractivity contribution in [2.75, 3.05) is 0 Å². The second kappa shape index (κ2) is 5.40. The Morgan fingerprint density at radius 2 is 1.82 bits per heavy atom. The van der Waals surface area contributed by atoms with Crippen LogP contribution in [0.3, 0.4) is 0 Å². The summed E-state index contributed by atoms with van der Waals surface area (Å²) in [5.41, 5.74) is 1.38. The first-order valence-corrected chi connectivity index (χ1v) is 6.51. The maximum absolute atomic E-state index is 10.3. The highest BCUT2D eigenvalue weighted by Crippen LogP contribution is 2.31. The zero-order chi connectivity index (χ0) is 12.4. The summed E-state index contributed by atoms with van der Waals surface area (Å²) in [7, 11) is 0. The van der Waals surface area contributed by atoms with Gasteiger partial charge in [0.25, 0.3) is 0 Å². The van der Waals surface area contributed by atoms with Gasteiger partial charge < -0.3 is 5.11 Å². The molecule has 0 bridgehead atoms. The van der Waals surface area contributed by atoms with Gasteiger partial charge in [0.1, 0.15) is 6.10 Å². The van der Waals surface area contributed by atoms with E-state index < -0.39 is 6.10 Å². The van der Waals surface area contributed by atoms with Crippen LogP contribution in [0, 0.1) is 0 Å². The fourth-order valence-corrected chi connectivity index (χ4v) is 2.40. The highest BCUT2D eigenvalue weighted by molar-refractivity contribution is 9.10. The minimum absolute atomic E-state index is 0.502. The third-order valence-electron chi connectivity index (χ3n) is 2.42. The summed E-state index contributed by atoms with van der Waals surface area (Å²) in [6.07, 6.45) is -0.779. The Hall–Kier alpha value is -0.540. The Labute approximate surface area is 118 Å². The molecule has 88 valence electrons. The molecule has 4 heteroatoms. The summed E-state index contributed by atoms with van der Waals surface area (Å²) >= 11 is 15.3. The minimum atomic E-state index is -0.779. The van der Waals surface area contributed by atoms with Gasteiger partial charge in [-0.1, -0.05) is 51.3 Å². The zero-order valence-corrected chi connectivity index (χ0v) is 11.8. The molecule has 2 rings (SSSR count). The van der Waals surface area contributed by atoms with Crippen molar-refractivity contribution >= 4 is 39.1 Å². The minimum Gasteiger partial charge on any atom is -0.384 e. The number of hydrogen-bond acceptors (Lipinski definition) is 1. The Balaban J connectivity index is 2.43. The van der Waals surface area contributed by atoms with Crippen molar-refractivity contribution in [3.63, 3.8) is 0 Å². The van der Waals surface area contributed by atoms with E-state index in [1.165, 1.54) is 0 Å². The van der Waals surface area contributed by atoms with E-state index in [1.807, 2.05) is 24.3 Å². The van der Waals surface area contributed by atoms with E-state index in [0.717, 1.165) is 10.0 Å². The first-order valence-electron chi connectivity index (χ1n) is 4.96. The summed E-state index contributed by atoms with van der Waals surface area (Å²) in [4.78, 5) is 0. The molecule has 0 aliphatic rings. The van der Waals surface area contributed by atoms with Crippen LogP contribution in [-0.2, 0) is 0 Å². The highest BCUT2D eigenvalue weighted by atomic mass is 79.9. The van der Waals surface area contributed by atoms with E-state index in [1.54, 1.807) is 18.2 Å². The lowest BCUT2D eigenvalue weighted by atomic mass is 10.0. The molecule has 0 radical (unpaired) electrons. The normalized spacial score (nSPS) is 12.5. The summed E-state index contributed by atoms with van der Waals surface area (Å²) in [5, 5.41) is 11.3. The third kappa shape index (κ3) is 3.02. The number of aliphatic hydroxyl groups is 1. The van der Waals surface area contributed by atoms with Crippen LogP contribution in [0.25, 0.3) is 0 Å². The van der Waals surface area contributed by atoms with Crippen LogP contribution in [0.5, 0.6) is 0 Å². The molecule has 0 spiro atoms. The van der Waals surface area contributed by atoms with E-state index in [0.29, 0.717) is 15.6 Å². The molecule has 0 aliphatic carbocycles. The van der Waals surface area contributed by atoms with Crippen molar-refractivity contribution in [1.82, 2.24) is 0 Å². The van der Waals surface area contributed by atoms with Crippen LogP contribution in [0.1, 0.15) is 17.2 Å². The third-order valence-corrected chi connectivity index (χ3v) is 3.49. The number of halogens is 3. The topological polar surface area (TPSA) is 20.2 Å². The van der Waals surface area contributed by atoms with Gasteiger partial charge in [0.2, 0.25) is 0 Å². The van der Waals surface area contributed by atoms with E-state index in [2.05, 4.69) is 15.9 Å². The number of hydrogen-bond donors (Lipinski definition) is 1. The van der Waals surface area contributed by atoms with Crippen LogP contribution in [-0.4, -0.2) is 5.11 Å². The molecular weight excluding hydrogens is 323 g/mol. The molecule has 0 amide bonds. The van der Waals surface area contributed by atoms with Crippen molar-refractivity contribution < 1.29 is 5.11 Å². The van der Waals surface area contributed by atoms with Gasteiger partial charge in [-0.25, -0.2) is 0 Å². The summed E-state index contributed by atoms with van der Waals surface area (Å²) in [6.45, 7) is 0. The predicted octanol–water partition coefficient (Wildman–Crippen LogP) is 4.84. The first-order chi connectivity index (χ1) is 8.08. The SMILES string of the molecule is OC(c1cccc(Br)c1)c1cc(Cl)ccc1Cl. The fraction of sp³-hybridized carbons (Fsp3) is 0.0769. The molecule has 0 fully saturated rings. The molecule has 1 nitrogen and oxygen atoms in total. The van der Waals surface area contributed by atoms with Gasteiger partial charge in [-0.15, -0.1) is 0 Å². The maximum Gasteiger partial charge on any atom is 0.106 e. The molecule has 2 aromatic carbocycles. The molecule has 17 heavy (non-hydrogen) atoms. The first kappa shape index (κ1) is 12.9. The van der Waals surface area contributed by atoms with Gasteiger partial charge in [0, 0.05) is 20.1 Å². The second-order valence-corrected chi connectivity index (χ2v) is 5.38. The van der Waals surface area contributed by atoms with Gasteiger partial charge >= 0.3 is 0 Å². The van der Waals surface area contributed by atoms with Gasteiger partial charge in [-0.2, -0.15) is 0 Å². The zero-order valence-electron chi connectivity index (χ0n) is 8.70. The van der Waals surface area contributed by atoms with Crippen LogP contribution in [0.15, 0.2) is 46.9 Å². The summed E-state index contributed by atoms with van der Waals surface area (Å²) in [5.74, 6) is 0. The standard InChI is InChI=1S/C13H9BrCl2O/c14-9-3-1-2-8(6-9)13(17)11-7-10(15)4-5-12(11)16/h1-7,13,17H. The maximum atomic E-state index is 10.3. The quantitative estimate of drug-likeness (QED) is 0.835. The fourth-order valence-electron chi connectivity index (χ4n) is 1.58. The van der Waals surface area contributed by atoms with E-state index >= 15 is 0 Å². The lowest BCUT2D eigenvalue weighted by Gasteiger charge is -2.13. The molecule has 0 saturated carbocycles. The molecule has 1 atom stereocenters. The lowest BCUT2D eigenvalue weighted by molar-refractivity contribution is 0.220. The van der Waals surface area contributed by atoms with Gasteiger partial charge in [0.15, 0.2) is 0 Å². The molecule has 0 aromatic heterocycles. The monoisotopic (exact) mass is 330 g/mol. The molecule has 0 heterocycles. The molecule has 1 N–H and O–H groups in total. The van der Waals surface area contributed by atoms with Crippen molar-refractivity contribution in [2.24, 2.45) is 0 Å². The van der Waals surface area contributed by atoms with Crippen molar-refractivity contribution in [1.29, 1.82) is 0 Å². The van der Waals surface area contributed by atoms with Gasteiger partial charge in [-0.05, 0) is 35.9 Å². The van der Waals surface area contributed by atoms with E-state index in [9.17, 15) is 5.11 Å². The Morgan fingerprint density at radius 1 is 1.06 bits per heavy atom. The molecule has 0 saturated heterocycles. The average molecular weight is 332 g/mol. The Bertz CT molecular complexity index is 543. The second-order valence-electron chi connectivity index (χ2n) is 3.62. The number of aliphatic hydroxyl groups excluding tert-OH is 1. The van der Waals surface area contributed by atoms with Crippen LogP contribution in [0.2, 0.25) is 10.0 Å². The molecule has 0 aliphatic heterocycles. The van der Waals surface area contributed by atoms with Crippen LogP contribution in [0.4, 0.5) is 0 Å². The summed E-state index contributed by atoms with van der Waals surface area (Å²) in [6, 6.07) is 12.5. The van der Waals surface area contributed by atoms with E-state index in [4.69, 9.17) is 23.2 Å². The Morgan fingerprint density at radius 3 is 2.53 bits per heavy atom. The van der Waals surface area contributed by atoms with E-state index in [-0.39, 0.29) is 0 Å². The predicted molar refractivity (Wildman–Crippen MR) is 74.7 cm³/mol. The number of rotatable bonds is 2.